The highest BCUT2D eigenvalue weighted by Crippen LogP contribution is 2.71. The van der Waals surface area contributed by atoms with Crippen LogP contribution in [0, 0.1) is 63.1 Å². The minimum Gasteiger partial charge on any atom is -0.405 e. The molecule has 396 valence electrons. The van der Waals surface area contributed by atoms with E-state index in [0.717, 1.165) is 88.6 Å². The summed E-state index contributed by atoms with van der Waals surface area (Å²) in [5, 5.41) is 23.5. The summed E-state index contributed by atoms with van der Waals surface area (Å²) in [7, 11) is -2.02. The molecule has 2 N–H and O–H groups in total. The summed E-state index contributed by atoms with van der Waals surface area (Å²) in [6.07, 6.45) is 14.9. The molecule has 0 saturated heterocycles. The van der Waals surface area contributed by atoms with Crippen LogP contribution in [0.5, 0.6) is 0 Å². The van der Waals surface area contributed by atoms with Gasteiger partial charge in [-0.1, -0.05) is 93.6 Å². The van der Waals surface area contributed by atoms with Gasteiger partial charge >= 0.3 is 0 Å². The van der Waals surface area contributed by atoms with Crippen LogP contribution in [0.15, 0.2) is 80.5 Å². The van der Waals surface area contributed by atoms with E-state index in [9.17, 15) is 29.4 Å². The molecule has 12 rings (SSSR count). The number of hydrogen-bond donors (Lipinski definition) is 2. The van der Waals surface area contributed by atoms with E-state index in [1.807, 2.05) is 61.5 Å². The number of benzene rings is 2. The summed E-state index contributed by atoms with van der Waals surface area (Å²) < 4.78 is 11.2. The highest BCUT2D eigenvalue weighted by atomic mass is 32.2. The molecule has 10 unspecified atom stereocenters. The molecule has 14 atom stereocenters. The Morgan fingerprint density at radius 1 is 0.676 bits per heavy atom. The van der Waals surface area contributed by atoms with E-state index < -0.39 is 31.0 Å². The molecule has 4 aromatic rings. The molecule has 0 amide bonds. The predicted molar refractivity (Wildman–Crippen MR) is 302 cm³/mol. The molecule has 2 aromatic heterocycles. The number of ketones is 4. The van der Waals surface area contributed by atoms with Gasteiger partial charge in [0.15, 0.2) is 40.1 Å². The summed E-state index contributed by atoms with van der Waals surface area (Å²) in [6, 6.07) is 16.2. The van der Waals surface area contributed by atoms with Gasteiger partial charge in [0.05, 0.1) is 38.0 Å². The van der Waals surface area contributed by atoms with Crippen molar-refractivity contribution in [2.24, 2.45) is 63.1 Å². The lowest BCUT2D eigenvalue weighted by Crippen LogP contribution is -2.63. The second-order valence-corrected chi connectivity index (χ2v) is 34.8. The monoisotopic (exact) mass is 1090 g/mol. The van der Waals surface area contributed by atoms with Crippen molar-refractivity contribution < 1.29 is 33.8 Å². The molecule has 14 heteroatoms. The topological polar surface area (TPSA) is 144 Å². The van der Waals surface area contributed by atoms with Crippen molar-refractivity contribution in [3.05, 3.63) is 71.8 Å². The van der Waals surface area contributed by atoms with Crippen molar-refractivity contribution in [2.75, 3.05) is 11.5 Å². The van der Waals surface area contributed by atoms with Gasteiger partial charge in [-0.2, -0.15) is 0 Å². The van der Waals surface area contributed by atoms with Gasteiger partial charge in [0.2, 0.25) is 0 Å². The number of rotatable bonds is 10. The Morgan fingerprint density at radius 3 is 1.73 bits per heavy atom. The van der Waals surface area contributed by atoms with Gasteiger partial charge in [0.25, 0.3) is 0 Å². The third kappa shape index (κ3) is 8.62. The third-order valence-electron chi connectivity index (χ3n) is 21.0. The number of aliphatic hydroxyl groups excluding tert-OH is 1. The Labute approximate surface area is 455 Å². The smallest absolute Gasteiger partial charge is 0.185 e. The molecule has 0 spiro atoms. The molecular weight excluding hydrogens is 1020 g/mol. The number of para-hydroxylation sites is 2. The SMILES string of the molecule is CC12CCC(=O)C=C1CCC1C2[C@@H](O)CC2(C)C1CC[C@]2(O)C(=O)CSc1nc2ccccc2s1.C[C@H]1CC2(C)C(CC[C@]2(O[Si](C)(C)C)C(=O)CSc2nc3ccccc3s2)C2CCC3=CC(=O)CCC3(C)C21. The molecule has 6 fully saturated rings. The molecule has 0 aliphatic heterocycles. The highest BCUT2D eigenvalue weighted by Gasteiger charge is 2.70. The van der Waals surface area contributed by atoms with Crippen LogP contribution in [0.25, 0.3) is 20.4 Å². The van der Waals surface area contributed by atoms with Crippen LogP contribution in [0.3, 0.4) is 0 Å². The quantitative estimate of drug-likeness (QED) is 0.116. The number of hydrogen-bond acceptors (Lipinski definition) is 13. The van der Waals surface area contributed by atoms with Gasteiger partial charge < -0.3 is 14.6 Å². The Kier molecular flexibility index (Phi) is 13.8. The zero-order chi connectivity index (χ0) is 52.4. The lowest BCUT2D eigenvalue weighted by Gasteiger charge is -2.62. The van der Waals surface area contributed by atoms with Crippen LogP contribution in [0.2, 0.25) is 19.6 Å². The number of allylic oxidation sites excluding steroid dienone is 2. The van der Waals surface area contributed by atoms with Gasteiger partial charge in [-0.3, -0.25) is 19.2 Å². The fourth-order valence-corrected chi connectivity index (χ4v) is 23.5. The highest BCUT2D eigenvalue weighted by molar-refractivity contribution is 8.02. The average molecular weight is 1090 g/mol. The number of thiazole rings is 2. The first-order valence-electron chi connectivity index (χ1n) is 27.6. The second kappa shape index (κ2) is 19.2. The third-order valence-corrected chi connectivity index (χ3v) is 26.3. The minimum atomic E-state index is -2.02. The first-order valence-corrected chi connectivity index (χ1v) is 34.6. The summed E-state index contributed by atoms with van der Waals surface area (Å²) >= 11 is 6.26. The summed E-state index contributed by atoms with van der Waals surface area (Å²) in [6.45, 7) is 18.3. The van der Waals surface area contributed by atoms with Crippen molar-refractivity contribution >= 4 is 98.1 Å². The van der Waals surface area contributed by atoms with Gasteiger partial charge in [-0.25, -0.2) is 9.97 Å². The lowest BCUT2D eigenvalue weighted by molar-refractivity contribution is -0.178. The van der Waals surface area contributed by atoms with E-state index in [1.54, 1.807) is 34.4 Å². The predicted octanol–water partition coefficient (Wildman–Crippen LogP) is 13.5. The number of thioether (sulfide) groups is 2. The maximum Gasteiger partial charge on any atom is 0.185 e. The van der Waals surface area contributed by atoms with Crippen LogP contribution in [-0.2, 0) is 23.6 Å². The zero-order valence-corrected chi connectivity index (χ0v) is 48.9. The van der Waals surface area contributed by atoms with Crippen molar-refractivity contribution in [3.8, 4) is 0 Å². The molecule has 8 aliphatic carbocycles. The largest absolute Gasteiger partial charge is 0.405 e. The summed E-state index contributed by atoms with van der Waals surface area (Å²) in [5.74, 6) is 3.97. The van der Waals surface area contributed by atoms with Gasteiger partial charge in [-0.15, -0.1) is 22.7 Å². The first kappa shape index (κ1) is 53.2. The Balaban J connectivity index is 0.000000160. The van der Waals surface area contributed by atoms with Gasteiger partial charge in [0, 0.05) is 23.7 Å². The van der Waals surface area contributed by atoms with E-state index >= 15 is 0 Å². The minimum absolute atomic E-state index is 0.0863. The Bertz CT molecular complexity index is 2910. The number of aliphatic hydroxyl groups is 2. The summed E-state index contributed by atoms with van der Waals surface area (Å²) in [4.78, 5) is 61.9. The molecule has 0 radical (unpaired) electrons. The van der Waals surface area contributed by atoms with Gasteiger partial charge in [0.1, 0.15) is 11.2 Å². The Hall–Kier alpha value is -2.82. The number of fused-ring (bicyclic) bond motifs is 12. The van der Waals surface area contributed by atoms with E-state index in [2.05, 4.69) is 58.4 Å². The number of aromatic nitrogens is 2. The van der Waals surface area contributed by atoms with E-state index in [1.165, 1.54) is 27.6 Å². The normalized spacial score (nSPS) is 39.4. The maximum atomic E-state index is 14.5. The number of nitrogens with zero attached hydrogens (tertiary/aromatic N) is 2. The lowest BCUT2D eigenvalue weighted by atomic mass is 9.43. The van der Waals surface area contributed by atoms with Gasteiger partial charge in [-0.05, 0) is 185 Å². The fourth-order valence-electron chi connectivity index (χ4n) is 17.9. The molecule has 8 aliphatic rings. The second-order valence-electron chi connectivity index (χ2n) is 25.9. The molecule has 2 heterocycles. The molecule has 74 heavy (non-hydrogen) atoms. The van der Waals surface area contributed by atoms with Crippen molar-refractivity contribution in [1.82, 2.24) is 9.97 Å². The zero-order valence-electron chi connectivity index (χ0n) is 44.7. The number of Topliss-reactive ketones (excluding diaryl/α,β-unsaturated/α-hetero) is 2. The van der Waals surface area contributed by atoms with Crippen molar-refractivity contribution in [2.45, 2.75) is 170 Å². The van der Waals surface area contributed by atoms with Crippen molar-refractivity contribution in [1.29, 1.82) is 0 Å². The Morgan fingerprint density at radius 2 is 1.18 bits per heavy atom. The van der Waals surface area contributed by atoms with Crippen LogP contribution in [-0.4, -0.2) is 80.4 Å². The first-order chi connectivity index (χ1) is 35.0. The molecule has 6 saturated carbocycles. The number of carbonyl (C=O) groups excluding carboxylic acids is 4. The van der Waals surface area contributed by atoms with E-state index in [-0.39, 0.29) is 57.1 Å². The van der Waals surface area contributed by atoms with Crippen LogP contribution < -0.4 is 0 Å². The van der Waals surface area contributed by atoms with Crippen molar-refractivity contribution in [3.63, 3.8) is 0 Å². The van der Waals surface area contributed by atoms with Crippen LogP contribution >= 0.6 is 46.2 Å². The maximum absolute atomic E-state index is 14.5. The van der Waals surface area contributed by atoms with Crippen LogP contribution in [0.4, 0.5) is 0 Å². The standard InChI is InChI=1S/C32H43NO3S2Si.C28H33NO4S2/c1-20-18-31(3)24(23-12-11-21-17-22(34)13-15-30(21,2)28(20)23)14-16-32(31,36-39(4,5)6)27(35)19-37-29-33-25-9-7-8-10-26(25)38-29;1-26-11-9-17(30)13-16(26)7-8-18-19-10-12-28(33,27(19,2)14-21(31)24(18)26)23(32)15-34-25-29-20-5-3-4-6-22(20)35-25/h7-10,17,20,23-24,28H,11-16,18-19H2,1-6H3;3-6,13,18-19,21,24,31,33H,7-12,14-15H2,1-2H3/t20-,23?,24?,28?,30?,31?,32-;18?,19?,21-,24?,26?,27?,28-/m00/s1. The average Bonchev–Trinajstić information content (AvgIpc) is 4.11. The van der Waals surface area contributed by atoms with Crippen LogP contribution in [0.1, 0.15) is 125 Å². The number of carbonyl (C=O) groups is 4. The molecular formula is C60H76N2O7S4Si. The molecule has 2 aromatic carbocycles. The fraction of sp³-hybridized carbons (Fsp3) is 0.633. The molecule has 9 nitrogen and oxygen atoms in total. The molecule has 0 bridgehead atoms. The van der Waals surface area contributed by atoms with E-state index in [0.29, 0.717) is 60.9 Å². The summed E-state index contributed by atoms with van der Waals surface area (Å²) in [5.41, 5.74) is 1.56. The van der Waals surface area contributed by atoms with E-state index in [4.69, 9.17) is 9.41 Å².